The van der Waals surface area contributed by atoms with Crippen LogP contribution < -0.4 is 16.4 Å². The second-order valence-electron chi connectivity index (χ2n) is 9.41. The maximum atomic E-state index is 13.3. The third-order valence-electron chi connectivity index (χ3n) is 6.47. The lowest BCUT2D eigenvalue weighted by molar-refractivity contribution is 0.101. The highest BCUT2D eigenvalue weighted by molar-refractivity contribution is 6.03. The number of aromatic hydroxyl groups is 1. The van der Waals surface area contributed by atoms with Crippen molar-refractivity contribution in [2.45, 2.75) is 32.4 Å². The van der Waals surface area contributed by atoms with Gasteiger partial charge in [-0.3, -0.25) is 4.79 Å². The molecule has 0 spiro atoms. The van der Waals surface area contributed by atoms with Crippen molar-refractivity contribution in [2.75, 3.05) is 11.9 Å². The fourth-order valence-electron chi connectivity index (χ4n) is 4.37. The fourth-order valence-corrected chi connectivity index (χ4v) is 4.37. The molecular weight excluding hydrogens is 450 g/mol. The molecule has 4 aromatic rings. The Kier molecular flexibility index (Phi) is 6.84. The van der Waals surface area contributed by atoms with E-state index in [1.807, 2.05) is 61.5 Å². The number of rotatable bonds is 9. The topological polar surface area (TPSA) is 105 Å². The Morgan fingerprint density at radius 3 is 2.58 bits per heavy atom. The van der Waals surface area contributed by atoms with Gasteiger partial charge in [-0.15, -0.1) is 0 Å². The molecule has 7 heteroatoms. The average Bonchev–Trinajstić information content (AvgIpc) is 3.64. The van der Waals surface area contributed by atoms with E-state index in [4.69, 9.17) is 5.73 Å². The van der Waals surface area contributed by atoms with Crippen LogP contribution >= 0.6 is 0 Å². The van der Waals surface area contributed by atoms with Crippen LogP contribution in [0.3, 0.4) is 0 Å². The highest BCUT2D eigenvalue weighted by Gasteiger charge is 2.24. The third kappa shape index (κ3) is 5.48. The minimum absolute atomic E-state index is 0.0465. The Morgan fingerprint density at radius 2 is 1.83 bits per heavy atom. The number of benzene rings is 3. The molecule has 0 radical (unpaired) electrons. The van der Waals surface area contributed by atoms with Crippen molar-refractivity contribution in [3.05, 3.63) is 107 Å². The van der Waals surface area contributed by atoms with Crippen LogP contribution in [0, 0.1) is 12.8 Å². The summed E-state index contributed by atoms with van der Waals surface area (Å²) in [5.74, 6) is 0.719. The molecule has 36 heavy (non-hydrogen) atoms. The van der Waals surface area contributed by atoms with E-state index in [1.54, 1.807) is 22.9 Å². The van der Waals surface area contributed by atoms with E-state index in [1.165, 1.54) is 12.8 Å². The van der Waals surface area contributed by atoms with Crippen LogP contribution in [0.1, 0.15) is 51.8 Å². The van der Waals surface area contributed by atoms with E-state index in [2.05, 4.69) is 21.8 Å². The van der Waals surface area contributed by atoms with Gasteiger partial charge in [0.25, 0.3) is 5.91 Å². The van der Waals surface area contributed by atoms with E-state index >= 15 is 0 Å². The summed E-state index contributed by atoms with van der Waals surface area (Å²) in [5.41, 5.74) is 11.6. The number of nitrogens with two attached hydrogens (primary N) is 1. The molecule has 1 saturated carbocycles. The number of aryl methyl sites for hydroxylation is 1. The molecule has 5 rings (SSSR count). The second-order valence-corrected chi connectivity index (χ2v) is 9.41. The largest absolute Gasteiger partial charge is 0.508 e. The SMILES string of the molecule is Cc1cc(C(=O)Nc2cccc(C(NCC3CC3)c3ccc(O)cc3)c2)n(-c2cccc(CN)c2)n1. The zero-order valence-corrected chi connectivity index (χ0v) is 20.3. The summed E-state index contributed by atoms with van der Waals surface area (Å²) in [5, 5.41) is 21.0. The van der Waals surface area contributed by atoms with Gasteiger partial charge in [-0.25, -0.2) is 4.68 Å². The smallest absolute Gasteiger partial charge is 0.274 e. The minimum Gasteiger partial charge on any atom is -0.508 e. The highest BCUT2D eigenvalue weighted by Crippen LogP contribution is 2.31. The van der Waals surface area contributed by atoms with Crippen LogP contribution in [0.4, 0.5) is 5.69 Å². The van der Waals surface area contributed by atoms with Crippen molar-refractivity contribution < 1.29 is 9.90 Å². The van der Waals surface area contributed by atoms with Crippen LogP contribution in [0.5, 0.6) is 5.75 Å². The van der Waals surface area contributed by atoms with Gasteiger partial charge in [-0.2, -0.15) is 5.10 Å². The molecule has 5 N–H and O–H groups in total. The Labute approximate surface area is 211 Å². The minimum atomic E-state index is -0.238. The monoisotopic (exact) mass is 481 g/mol. The number of anilines is 1. The van der Waals surface area contributed by atoms with Gasteiger partial charge in [0, 0.05) is 12.2 Å². The molecule has 1 unspecified atom stereocenters. The van der Waals surface area contributed by atoms with Gasteiger partial charge < -0.3 is 21.5 Å². The molecule has 7 nitrogen and oxygen atoms in total. The van der Waals surface area contributed by atoms with E-state index in [-0.39, 0.29) is 17.7 Å². The summed E-state index contributed by atoms with van der Waals surface area (Å²) < 4.78 is 1.66. The number of aromatic nitrogens is 2. The lowest BCUT2D eigenvalue weighted by Gasteiger charge is -2.21. The van der Waals surface area contributed by atoms with Gasteiger partial charge in [0.05, 0.1) is 17.4 Å². The quantitative estimate of drug-likeness (QED) is 0.278. The van der Waals surface area contributed by atoms with Crippen LogP contribution in [0.15, 0.2) is 78.9 Å². The highest BCUT2D eigenvalue weighted by atomic mass is 16.3. The van der Waals surface area contributed by atoms with Gasteiger partial charge in [0.15, 0.2) is 0 Å². The molecule has 1 aromatic heterocycles. The molecule has 0 saturated heterocycles. The number of phenols is 1. The van der Waals surface area contributed by atoms with Crippen LogP contribution in [0.25, 0.3) is 5.69 Å². The van der Waals surface area contributed by atoms with Gasteiger partial charge in [-0.1, -0.05) is 36.4 Å². The van der Waals surface area contributed by atoms with Crippen molar-refractivity contribution in [1.82, 2.24) is 15.1 Å². The molecule has 1 atom stereocenters. The molecular formula is C29H31N5O2. The van der Waals surface area contributed by atoms with E-state index in [0.717, 1.165) is 34.6 Å². The molecule has 1 aliphatic rings. The average molecular weight is 482 g/mol. The molecule has 1 fully saturated rings. The molecule has 1 aliphatic carbocycles. The van der Waals surface area contributed by atoms with Crippen molar-refractivity contribution in [3.63, 3.8) is 0 Å². The predicted octanol–water partition coefficient (Wildman–Crippen LogP) is 4.69. The molecule has 1 heterocycles. The Balaban J connectivity index is 1.40. The van der Waals surface area contributed by atoms with Crippen LogP contribution in [-0.4, -0.2) is 27.3 Å². The van der Waals surface area contributed by atoms with Crippen molar-refractivity contribution >= 4 is 11.6 Å². The number of nitrogens with zero attached hydrogens (tertiary/aromatic N) is 2. The summed E-state index contributed by atoms with van der Waals surface area (Å²) in [6.45, 7) is 3.22. The number of nitrogens with one attached hydrogen (secondary N) is 2. The first-order valence-corrected chi connectivity index (χ1v) is 12.3. The molecule has 0 aliphatic heterocycles. The lowest BCUT2D eigenvalue weighted by Crippen LogP contribution is -2.25. The molecule has 184 valence electrons. The standard InChI is InChI=1S/C29H31N5O2/c1-19-14-27(34(33-19)25-7-2-4-21(15-25)17-30)29(36)32-24-6-3-5-23(16-24)28(31-18-20-8-9-20)22-10-12-26(35)13-11-22/h2-7,10-16,20,28,31,35H,8-9,17-18,30H2,1H3,(H,32,36). The number of hydrogen-bond acceptors (Lipinski definition) is 5. The fraction of sp³-hybridized carbons (Fsp3) is 0.241. The normalized spacial score (nSPS) is 13.9. The first kappa shape index (κ1) is 23.8. The van der Waals surface area contributed by atoms with Gasteiger partial charge in [0.2, 0.25) is 0 Å². The van der Waals surface area contributed by atoms with Crippen molar-refractivity contribution in [1.29, 1.82) is 0 Å². The summed E-state index contributed by atoms with van der Waals surface area (Å²) in [7, 11) is 0. The van der Waals surface area contributed by atoms with E-state index < -0.39 is 0 Å². The van der Waals surface area contributed by atoms with Crippen LogP contribution in [0.2, 0.25) is 0 Å². The molecule has 0 bridgehead atoms. The summed E-state index contributed by atoms with van der Waals surface area (Å²) in [4.78, 5) is 13.3. The molecule has 3 aromatic carbocycles. The Morgan fingerprint density at radius 1 is 1.06 bits per heavy atom. The number of carbonyl (C=O) groups is 1. The predicted molar refractivity (Wildman–Crippen MR) is 141 cm³/mol. The maximum absolute atomic E-state index is 13.3. The van der Waals surface area contributed by atoms with Crippen molar-refractivity contribution in [3.8, 4) is 11.4 Å². The lowest BCUT2D eigenvalue weighted by atomic mass is 9.97. The number of carbonyl (C=O) groups excluding carboxylic acids is 1. The summed E-state index contributed by atoms with van der Waals surface area (Å²) >= 11 is 0. The number of phenolic OH excluding ortho intramolecular Hbond substituents is 1. The summed E-state index contributed by atoms with van der Waals surface area (Å²) in [6.07, 6.45) is 2.51. The summed E-state index contributed by atoms with van der Waals surface area (Å²) in [6, 6.07) is 24.6. The maximum Gasteiger partial charge on any atom is 0.274 e. The van der Waals surface area contributed by atoms with Gasteiger partial charge in [-0.05, 0) is 91.4 Å². The third-order valence-corrected chi connectivity index (χ3v) is 6.47. The zero-order chi connectivity index (χ0) is 25.1. The number of amides is 1. The van der Waals surface area contributed by atoms with E-state index in [0.29, 0.717) is 23.8 Å². The first-order chi connectivity index (χ1) is 17.5. The number of hydrogen-bond donors (Lipinski definition) is 4. The second kappa shape index (κ2) is 10.4. The van der Waals surface area contributed by atoms with E-state index in [9.17, 15) is 9.90 Å². The Bertz CT molecular complexity index is 1360. The first-order valence-electron chi connectivity index (χ1n) is 12.3. The zero-order valence-electron chi connectivity index (χ0n) is 20.3. The van der Waals surface area contributed by atoms with Crippen molar-refractivity contribution in [2.24, 2.45) is 11.7 Å². The molecule has 1 amide bonds. The van der Waals surface area contributed by atoms with Crippen LogP contribution in [-0.2, 0) is 6.54 Å². The van der Waals surface area contributed by atoms with Gasteiger partial charge >= 0.3 is 0 Å². The Hall–Kier alpha value is -3.94. The van der Waals surface area contributed by atoms with Gasteiger partial charge in [0.1, 0.15) is 11.4 Å².